The third kappa shape index (κ3) is 6.37. The van der Waals surface area contributed by atoms with E-state index in [1.165, 1.54) is 12.1 Å². The third-order valence-corrected chi connectivity index (χ3v) is 3.45. The van der Waals surface area contributed by atoms with E-state index in [2.05, 4.69) is 5.32 Å². The van der Waals surface area contributed by atoms with Crippen LogP contribution in [0.1, 0.15) is 42.5 Å². The molecule has 0 saturated carbocycles. The minimum Gasteiger partial charge on any atom is -0.507 e. The molecule has 1 aromatic rings. The van der Waals surface area contributed by atoms with Crippen molar-refractivity contribution in [1.29, 1.82) is 0 Å². The molecule has 0 aliphatic heterocycles. The largest absolute Gasteiger partial charge is 0.507 e. The number of phenolic OH excluding ortho intramolecular Hbond substituents is 1. The van der Waals surface area contributed by atoms with Gasteiger partial charge in [-0.05, 0) is 25.0 Å². The molecule has 1 amide bonds. The van der Waals surface area contributed by atoms with Gasteiger partial charge in [-0.15, -0.1) is 0 Å². The van der Waals surface area contributed by atoms with Crippen LogP contribution in [0.25, 0.3) is 0 Å². The Bertz CT molecular complexity index is 543. The second-order valence-corrected chi connectivity index (χ2v) is 5.20. The van der Waals surface area contributed by atoms with E-state index in [1.807, 2.05) is 0 Å². The molecule has 0 bridgehead atoms. The molecule has 1 aromatic carbocycles. The highest BCUT2D eigenvalue weighted by molar-refractivity contribution is 5.96. The number of para-hydroxylation sites is 1. The van der Waals surface area contributed by atoms with Crippen LogP contribution in [0.5, 0.6) is 5.75 Å². The molecule has 7 heteroatoms. The summed E-state index contributed by atoms with van der Waals surface area (Å²) >= 11 is 0. The fourth-order valence-electron chi connectivity index (χ4n) is 2.14. The van der Waals surface area contributed by atoms with Crippen LogP contribution in [0.4, 0.5) is 0 Å². The number of amides is 1. The van der Waals surface area contributed by atoms with Gasteiger partial charge in [0.05, 0.1) is 5.56 Å². The van der Waals surface area contributed by atoms with Crippen LogP contribution < -0.4 is 5.32 Å². The fraction of sp³-hybridized carbons (Fsp3) is 0.438. The van der Waals surface area contributed by atoms with E-state index in [4.69, 9.17) is 10.2 Å². The summed E-state index contributed by atoms with van der Waals surface area (Å²) in [6, 6.07) is 6.27. The van der Waals surface area contributed by atoms with E-state index in [-0.39, 0.29) is 23.6 Å². The molecule has 0 radical (unpaired) electrons. The standard InChI is InChI=1S/C16H21NO6/c18-13-9-5-4-7-11(13)14(19)17-10-6-2-1-3-8-12(15(20)21)16(22)23/h4-5,7,9,12,18H,1-3,6,8,10H2,(H,17,19)(H,20,21)(H,22,23). The van der Waals surface area contributed by atoms with Gasteiger partial charge < -0.3 is 20.6 Å². The minimum atomic E-state index is -1.35. The maximum absolute atomic E-state index is 11.8. The predicted octanol–water partition coefficient (Wildman–Crippen LogP) is 1.86. The minimum absolute atomic E-state index is 0.0709. The molecule has 0 heterocycles. The lowest BCUT2D eigenvalue weighted by atomic mass is 10.0. The van der Waals surface area contributed by atoms with Crippen LogP contribution in [0, 0.1) is 5.92 Å². The fourth-order valence-corrected chi connectivity index (χ4v) is 2.14. The normalized spacial score (nSPS) is 10.5. The molecule has 23 heavy (non-hydrogen) atoms. The van der Waals surface area contributed by atoms with Gasteiger partial charge in [0.2, 0.25) is 0 Å². The molecule has 0 aliphatic carbocycles. The number of carboxylic acids is 2. The average Bonchev–Trinajstić information content (AvgIpc) is 2.49. The van der Waals surface area contributed by atoms with E-state index >= 15 is 0 Å². The van der Waals surface area contributed by atoms with Crippen molar-refractivity contribution in [2.75, 3.05) is 6.54 Å². The second kappa shape index (κ2) is 9.45. The highest BCUT2D eigenvalue weighted by Crippen LogP contribution is 2.15. The summed E-state index contributed by atoms with van der Waals surface area (Å²) in [4.78, 5) is 33.2. The van der Waals surface area contributed by atoms with E-state index < -0.39 is 17.9 Å². The maximum atomic E-state index is 11.8. The van der Waals surface area contributed by atoms with Gasteiger partial charge in [-0.2, -0.15) is 0 Å². The van der Waals surface area contributed by atoms with Crippen LogP contribution in [0.3, 0.4) is 0 Å². The van der Waals surface area contributed by atoms with Gasteiger partial charge >= 0.3 is 11.9 Å². The van der Waals surface area contributed by atoms with E-state index in [0.717, 1.165) is 6.42 Å². The molecular formula is C16H21NO6. The lowest BCUT2D eigenvalue weighted by Crippen LogP contribution is -2.24. The molecule has 1 rings (SSSR count). The van der Waals surface area contributed by atoms with Crippen molar-refractivity contribution >= 4 is 17.8 Å². The first kappa shape index (κ1) is 18.5. The number of hydrogen-bond acceptors (Lipinski definition) is 4. The zero-order chi connectivity index (χ0) is 17.2. The van der Waals surface area contributed by atoms with Crippen molar-refractivity contribution in [2.45, 2.75) is 32.1 Å². The number of aliphatic carboxylic acids is 2. The van der Waals surface area contributed by atoms with E-state index in [0.29, 0.717) is 25.8 Å². The van der Waals surface area contributed by atoms with E-state index in [9.17, 15) is 19.5 Å². The quantitative estimate of drug-likeness (QED) is 0.385. The summed E-state index contributed by atoms with van der Waals surface area (Å²) in [5.41, 5.74) is 0.221. The maximum Gasteiger partial charge on any atom is 0.317 e. The molecule has 0 aliphatic rings. The number of phenols is 1. The van der Waals surface area contributed by atoms with Gasteiger partial charge in [-0.25, -0.2) is 0 Å². The summed E-state index contributed by atoms with van der Waals surface area (Å²) in [6.45, 7) is 0.439. The van der Waals surface area contributed by atoms with Crippen molar-refractivity contribution in [3.8, 4) is 5.75 Å². The lowest BCUT2D eigenvalue weighted by molar-refractivity contribution is -0.154. The Labute approximate surface area is 133 Å². The second-order valence-electron chi connectivity index (χ2n) is 5.20. The van der Waals surface area contributed by atoms with Crippen molar-refractivity contribution < 1.29 is 29.7 Å². The van der Waals surface area contributed by atoms with Crippen molar-refractivity contribution in [1.82, 2.24) is 5.32 Å². The zero-order valence-electron chi connectivity index (χ0n) is 12.7. The molecule has 0 fully saturated rings. The van der Waals surface area contributed by atoms with Gasteiger partial charge in [-0.3, -0.25) is 14.4 Å². The van der Waals surface area contributed by atoms with Gasteiger partial charge in [0.1, 0.15) is 5.75 Å². The topological polar surface area (TPSA) is 124 Å². The Morgan fingerprint density at radius 2 is 1.57 bits per heavy atom. The Morgan fingerprint density at radius 3 is 2.17 bits per heavy atom. The molecule has 0 atom stereocenters. The average molecular weight is 323 g/mol. The molecule has 0 aromatic heterocycles. The molecule has 0 unspecified atom stereocenters. The summed E-state index contributed by atoms with van der Waals surface area (Å²) in [7, 11) is 0. The summed E-state index contributed by atoms with van der Waals surface area (Å²) < 4.78 is 0. The molecule has 7 nitrogen and oxygen atoms in total. The van der Waals surface area contributed by atoms with Gasteiger partial charge in [-0.1, -0.05) is 31.4 Å². The first-order chi connectivity index (χ1) is 10.9. The number of unbranched alkanes of at least 4 members (excludes halogenated alkanes) is 3. The van der Waals surface area contributed by atoms with Crippen LogP contribution in [0.15, 0.2) is 24.3 Å². The highest BCUT2D eigenvalue weighted by Gasteiger charge is 2.24. The first-order valence-corrected chi connectivity index (χ1v) is 7.45. The van der Waals surface area contributed by atoms with Crippen molar-refractivity contribution in [3.63, 3.8) is 0 Å². The Balaban J connectivity index is 2.16. The number of nitrogens with one attached hydrogen (secondary N) is 1. The number of aromatic hydroxyl groups is 1. The zero-order valence-corrected chi connectivity index (χ0v) is 12.7. The summed E-state index contributed by atoms with van der Waals surface area (Å²) in [5.74, 6) is -4.39. The van der Waals surface area contributed by atoms with Gasteiger partial charge in [0.25, 0.3) is 5.91 Å². The molecular weight excluding hydrogens is 302 g/mol. The number of benzene rings is 1. The van der Waals surface area contributed by atoms with Crippen LogP contribution in [-0.4, -0.2) is 39.7 Å². The first-order valence-electron chi connectivity index (χ1n) is 7.45. The van der Waals surface area contributed by atoms with Gasteiger partial charge in [0, 0.05) is 6.54 Å². The number of carbonyl (C=O) groups excluding carboxylic acids is 1. The Hall–Kier alpha value is -2.57. The Morgan fingerprint density at radius 1 is 0.957 bits per heavy atom. The van der Waals surface area contributed by atoms with Gasteiger partial charge in [0.15, 0.2) is 5.92 Å². The molecule has 126 valence electrons. The number of rotatable bonds is 10. The van der Waals surface area contributed by atoms with Crippen molar-refractivity contribution in [2.24, 2.45) is 5.92 Å². The van der Waals surface area contributed by atoms with Crippen LogP contribution >= 0.6 is 0 Å². The SMILES string of the molecule is O=C(NCCCCCCC(C(=O)O)C(=O)O)c1ccccc1O. The summed E-state index contributed by atoms with van der Waals surface area (Å²) in [6.07, 6.45) is 2.77. The van der Waals surface area contributed by atoms with Crippen LogP contribution in [-0.2, 0) is 9.59 Å². The molecule has 0 spiro atoms. The molecule has 4 N–H and O–H groups in total. The number of hydrogen-bond donors (Lipinski definition) is 4. The number of carboxylic acid groups (broad SMARTS) is 2. The number of carbonyl (C=O) groups is 3. The van der Waals surface area contributed by atoms with E-state index in [1.54, 1.807) is 12.1 Å². The van der Waals surface area contributed by atoms with Crippen LogP contribution in [0.2, 0.25) is 0 Å². The smallest absolute Gasteiger partial charge is 0.317 e. The predicted molar refractivity (Wildman–Crippen MR) is 82.3 cm³/mol. The highest BCUT2D eigenvalue weighted by atomic mass is 16.4. The third-order valence-electron chi connectivity index (χ3n) is 3.45. The Kier molecular flexibility index (Phi) is 7.59. The lowest BCUT2D eigenvalue weighted by Gasteiger charge is -2.08. The monoisotopic (exact) mass is 323 g/mol. The summed E-state index contributed by atoms with van der Waals surface area (Å²) in [5, 5.41) is 29.7. The van der Waals surface area contributed by atoms with Crippen molar-refractivity contribution in [3.05, 3.63) is 29.8 Å². The molecule has 0 saturated heterocycles.